The number of benzene rings is 2. The Hall–Kier alpha value is -3.28. The second-order valence-corrected chi connectivity index (χ2v) is 5.48. The van der Waals surface area contributed by atoms with Crippen molar-refractivity contribution in [3.05, 3.63) is 70.5 Å². The van der Waals surface area contributed by atoms with Crippen LogP contribution in [0.4, 0.5) is 0 Å². The number of pyridine rings is 1. The van der Waals surface area contributed by atoms with E-state index in [1.165, 1.54) is 6.07 Å². The van der Waals surface area contributed by atoms with E-state index in [2.05, 4.69) is 4.98 Å². The topological polar surface area (TPSA) is 77.6 Å². The quantitative estimate of drug-likeness (QED) is 0.521. The normalized spacial score (nSPS) is 10.5. The van der Waals surface area contributed by atoms with Crippen molar-refractivity contribution in [3.63, 3.8) is 0 Å². The molecule has 0 radical (unpaired) electrons. The van der Waals surface area contributed by atoms with E-state index in [1.54, 1.807) is 36.4 Å². The summed E-state index contributed by atoms with van der Waals surface area (Å²) in [6.45, 7) is 2.81. The maximum atomic E-state index is 12.3. The van der Waals surface area contributed by atoms with Gasteiger partial charge in [0.1, 0.15) is 24.7 Å². The van der Waals surface area contributed by atoms with Gasteiger partial charge in [-0.15, -0.1) is 0 Å². The van der Waals surface area contributed by atoms with Gasteiger partial charge >= 0.3 is 5.97 Å². The number of esters is 1. The summed E-state index contributed by atoms with van der Waals surface area (Å²) in [5.41, 5.74) is 0.490. The van der Waals surface area contributed by atoms with Crippen LogP contribution in [-0.4, -0.2) is 30.8 Å². The standard InChI is InChI=1S/C20H19NO5/c1-2-24-14-7-9-15(10-8-14)25-11-12-26-20(23)17-13-19(22)21-18-6-4-3-5-16(17)18/h3-10,13H,2,11-12H2,1H3,(H,21,22). The Morgan fingerprint density at radius 3 is 2.38 bits per heavy atom. The van der Waals surface area contributed by atoms with Gasteiger partial charge in [-0.25, -0.2) is 4.79 Å². The first-order valence-corrected chi connectivity index (χ1v) is 8.32. The predicted molar refractivity (Wildman–Crippen MR) is 98.0 cm³/mol. The minimum absolute atomic E-state index is 0.0766. The maximum absolute atomic E-state index is 12.3. The molecule has 1 aromatic heterocycles. The zero-order valence-corrected chi connectivity index (χ0v) is 14.4. The number of carbonyl (C=O) groups excluding carboxylic acids is 1. The van der Waals surface area contributed by atoms with Crippen LogP contribution < -0.4 is 15.0 Å². The van der Waals surface area contributed by atoms with E-state index in [1.807, 2.05) is 19.1 Å². The van der Waals surface area contributed by atoms with E-state index in [0.29, 0.717) is 23.3 Å². The second-order valence-electron chi connectivity index (χ2n) is 5.48. The van der Waals surface area contributed by atoms with E-state index in [-0.39, 0.29) is 24.3 Å². The number of para-hydroxylation sites is 1. The van der Waals surface area contributed by atoms with Gasteiger partial charge in [0.05, 0.1) is 12.2 Å². The Balaban J connectivity index is 1.57. The summed E-state index contributed by atoms with van der Waals surface area (Å²) in [6, 6.07) is 15.5. The van der Waals surface area contributed by atoms with Crippen molar-refractivity contribution >= 4 is 16.9 Å². The van der Waals surface area contributed by atoms with Gasteiger partial charge in [-0.05, 0) is 37.3 Å². The summed E-state index contributed by atoms with van der Waals surface area (Å²) in [7, 11) is 0. The molecule has 0 atom stereocenters. The van der Waals surface area contributed by atoms with Gasteiger partial charge in [-0.3, -0.25) is 4.79 Å². The van der Waals surface area contributed by atoms with Crippen molar-refractivity contribution < 1.29 is 19.0 Å². The van der Waals surface area contributed by atoms with Crippen LogP contribution in [0.3, 0.4) is 0 Å². The van der Waals surface area contributed by atoms with Gasteiger partial charge < -0.3 is 19.2 Å². The molecule has 0 aliphatic carbocycles. The molecule has 26 heavy (non-hydrogen) atoms. The van der Waals surface area contributed by atoms with Crippen molar-refractivity contribution in [2.45, 2.75) is 6.92 Å². The lowest BCUT2D eigenvalue weighted by molar-refractivity contribution is 0.0452. The molecule has 0 fully saturated rings. The fourth-order valence-electron chi connectivity index (χ4n) is 2.54. The first kappa shape index (κ1) is 17.5. The lowest BCUT2D eigenvalue weighted by Gasteiger charge is -2.09. The summed E-state index contributed by atoms with van der Waals surface area (Å²) in [5.74, 6) is 0.876. The van der Waals surface area contributed by atoms with Crippen molar-refractivity contribution in [3.8, 4) is 11.5 Å². The zero-order chi connectivity index (χ0) is 18.4. The molecular weight excluding hydrogens is 334 g/mol. The highest BCUT2D eigenvalue weighted by Crippen LogP contribution is 2.18. The van der Waals surface area contributed by atoms with Crippen LogP contribution in [0.1, 0.15) is 17.3 Å². The molecule has 1 N–H and O–H groups in total. The molecule has 0 aliphatic rings. The molecule has 0 saturated carbocycles. The fourth-order valence-corrected chi connectivity index (χ4v) is 2.54. The van der Waals surface area contributed by atoms with E-state index < -0.39 is 5.97 Å². The maximum Gasteiger partial charge on any atom is 0.339 e. The van der Waals surface area contributed by atoms with E-state index in [4.69, 9.17) is 14.2 Å². The number of carbonyl (C=O) groups is 1. The third-order valence-electron chi connectivity index (χ3n) is 3.69. The summed E-state index contributed by atoms with van der Waals surface area (Å²) in [5, 5.41) is 0.643. The number of H-pyrrole nitrogens is 1. The minimum atomic E-state index is -0.553. The molecule has 134 valence electrons. The van der Waals surface area contributed by atoms with Crippen LogP contribution in [0.2, 0.25) is 0 Å². The Morgan fingerprint density at radius 1 is 0.962 bits per heavy atom. The second kappa shape index (κ2) is 8.20. The highest BCUT2D eigenvalue weighted by Gasteiger charge is 2.13. The highest BCUT2D eigenvalue weighted by atomic mass is 16.6. The van der Waals surface area contributed by atoms with Crippen LogP contribution in [-0.2, 0) is 4.74 Å². The number of nitrogens with one attached hydrogen (secondary N) is 1. The summed E-state index contributed by atoms with van der Waals surface area (Å²) >= 11 is 0. The van der Waals surface area contributed by atoms with Gasteiger partial charge in [0.2, 0.25) is 5.56 Å². The molecule has 0 saturated heterocycles. The number of aromatic amines is 1. The first-order chi connectivity index (χ1) is 12.7. The third-order valence-corrected chi connectivity index (χ3v) is 3.69. The minimum Gasteiger partial charge on any atom is -0.494 e. The first-order valence-electron chi connectivity index (χ1n) is 8.32. The van der Waals surface area contributed by atoms with E-state index in [9.17, 15) is 9.59 Å². The van der Waals surface area contributed by atoms with Crippen molar-refractivity contribution in [1.29, 1.82) is 0 Å². The molecule has 2 aromatic carbocycles. The average Bonchev–Trinajstić information content (AvgIpc) is 2.66. The molecule has 0 aliphatic heterocycles. The SMILES string of the molecule is CCOc1ccc(OCCOC(=O)c2cc(=O)[nH]c3ccccc23)cc1. The van der Waals surface area contributed by atoms with Crippen LogP contribution in [0.5, 0.6) is 11.5 Å². The molecule has 0 unspecified atom stereocenters. The third kappa shape index (κ3) is 4.22. The molecule has 6 nitrogen and oxygen atoms in total. The molecule has 0 bridgehead atoms. The van der Waals surface area contributed by atoms with Crippen LogP contribution in [0, 0.1) is 0 Å². The van der Waals surface area contributed by atoms with Crippen molar-refractivity contribution in [1.82, 2.24) is 4.98 Å². The highest BCUT2D eigenvalue weighted by molar-refractivity contribution is 6.03. The summed E-state index contributed by atoms with van der Waals surface area (Å²) in [4.78, 5) is 26.7. The van der Waals surface area contributed by atoms with E-state index >= 15 is 0 Å². The lowest BCUT2D eigenvalue weighted by Crippen LogP contribution is -2.16. The predicted octanol–water partition coefficient (Wildman–Crippen LogP) is 3.16. The molecule has 3 rings (SSSR count). The average molecular weight is 353 g/mol. The Kier molecular flexibility index (Phi) is 5.53. The molecular formula is C20H19NO5. The molecule has 0 spiro atoms. The Morgan fingerprint density at radius 2 is 1.65 bits per heavy atom. The number of aromatic nitrogens is 1. The molecule has 6 heteroatoms. The number of rotatable bonds is 7. The number of ether oxygens (including phenoxy) is 3. The summed E-state index contributed by atoms with van der Waals surface area (Å²) in [6.07, 6.45) is 0. The fraction of sp³-hybridized carbons (Fsp3) is 0.200. The summed E-state index contributed by atoms with van der Waals surface area (Å²) < 4.78 is 16.1. The van der Waals surface area contributed by atoms with Gasteiger partial charge in [-0.2, -0.15) is 0 Å². The molecule has 3 aromatic rings. The van der Waals surface area contributed by atoms with Gasteiger partial charge in [0.15, 0.2) is 0 Å². The van der Waals surface area contributed by atoms with Gasteiger partial charge in [0, 0.05) is 17.0 Å². The number of hydrogen-bond donors (Lipinski definition) is 1. The monoisotopic (exact) mass is 353 g/mol. The largest absolute Gasteiger partial charge is 0.494 e. The van der Waals surface area contributed by atoms with Crippen LogP contribution in [0.25, 0.3) is 10.9 Å². The Bertz CT molecular complexity index is 946. The van der Waals surface area contributed by atoms with Crippen molar-refractivity contribution in [2.75, 3.05) is 19.8 Å². The molecule has 1 heterocycles. The number of fused-ring (bicyclic) bond motifs is 1. The van der Waals surface area contributed by atoms with Crippen LogP contribution in [0.15, 0.2) is 59.4 Å². The van der Waals surface area contributed by atoms with Gasteiger partial charge in [-0.1, -0.05) is 18.2 Å². The number of hydrogen-bond acceptors (Lipinski definition) is 5. The van der Waals surface area contributed by atoms with Crippen molar-refractivity contribution in [2.24, 2.45) is 0 Å². The lowest BCUT2D eigenvalue weighted by atomic mass is 10.1. The Labute approximate surface area is 150 Å². The molecule has 0 amide bonds. The smallest absolute Gasteiger partial charge is 0.339 e. The van der Waals surface area contributed by atoms with E-state index in [0.717, 1.165) is 5.75 Å². The van der Waals surface area contributed by atoms with Gasteiger partial charge in [0.25, 0.3) is 0 Å². The zero-order valence-electron chi connectivity index (χ0n) is 14.4. The van der Waals surface area contributed by atoms with Crippen LogP contribution >= 0.6 is 0 Å².